The van der Waals surface area contributed by atoms with Gasteiger partial charge in [-0.25, -0.2) is 0 Å². The summed E-state index contributed by atoms with van der Waals surface area (Å²) in [4.78, 5) is 25.5. The Morgan fingerprint density at radius 1 is 1.12 bits per heavy atom. The largest absolute Gasteiger partial charge is 0.366 e. The van der Waals surface area contributed by atoms with Gasteiger partial charge in [-0.1, -0.05) is 12.1 Å². The summed E-state index contributed by atoms with van der Waals surface area (Å²) in [6.45, 7) is 0. The van der Waals surface area contributed by atoms with Crippen LogP contribution in [0.3, 0.4) is 0 Å². The van der Waals surface area contributed by atoms with E-state index in [-0.39, 0.29) is 0 Å². The van der Waals surface area contributed by atoms with E-state index in [2.05, 4.69) is 4.98 Å². The minimum absolute atomic E-state index is 0.452. The zero-order valence-corrected chi connectivity index (χ0v) is 8.96. The number of amides is 1. The molecule has 0 atom stereocenters. The van der Waals surface area contributed by atoms with Crippen LogP contribution in [0.15, 0.2) is 42.7 Å². The molecule has 0 fully saturated rings. The van der Waals surface area contributed by atoms with Crippen LogP contribution < -0.4 is 5.73 Å². The van der Waals surface area contributed by atoms with Crippen LogP contribution in [0, 0.1) is 0 Å². The minimum atomic E-state index is -0.462. The fourth-order valence-corrected chi connectivity index (χ4v) is 1.51. The molecule has 1 aromatic carbocycles. The number of hydrogen-bond donors (Lipinski definition) is 1. The first-order valence-corrected chi connectivity index (χ1v) is 5.01. The predicted octanol–water partition coefficient (Wildman–Crippen LogP) is 1.66. The Labute approximate surface area is 98.1 Å². The van der Waals surface area contributed by atoms with Crippen molar-refractivity contribution >= 4 is 12.2 Å². The van der Waals surface area contributed by atoms with Crippen LogP contribution in [0.25, 0.3) is 11.1 Å². The van der Waals surface area contributed by atoms with E-state index in [1.807, 2.05) is 0 Å². The van der Waals surface area contributed by atoms with Crippen molar-refractivity contribution in [3.63, 3.8) is 0 Å². The van der Waals surface area contributed by atoms with Gasteiger partial charge in [0.1, 0.15) is 0 Å². The molecule has 0 aliphatic rings. The van der Waals surface area contributed by atoms with Crippen molar-refractivity contribution in [2.24, 2.45) is 5.73 Å². The van der Waals surface area contributed by atoms with Crippen LogP contribution in [0.2, 0.25) is 0 Å². The van der Waals surface area contributed by atoms with Crippen molar-refractivity contribution in [3.05, 3.63) is 53.9 Å². The van der Waals surface area contributed by atoms with Gasteiger partial charge in [0, 0.05) is 29.1 Å². The van der Waals surface area contributed by atoms with Crippen molar-refractivity contribution in [1.82, 2.24) is 4.98 Å². The summed E-state index contributed by atoms with van der Waals surface area (Å²) in [6, 6.07) is 8.56. The number of aldehydes is 1. The Bertz CT molecular complexity index is 562. The van der Waals surface area contributed by atoms with E-state index in [0.29, 0.717) is 11.1 Å². The topological polar surface area (TPSA) is 73.1 Å². The number of pyridine rings is 1. The van der Waals surface area contributed by atoms with Gasteiger partial charge in [0.25, 0.3) is 0 Å². The molecule has 0 radical (unpaired) electrons. The SMILES string of the molecule is NC(=O)c1ccc(-c2cncc(C=O)c2)cc1. The molecule has 2 aromatic rings. The van der Waals surface area contributed by atoms with Crippen LogP contribution >= 0.6 is 0 Å². The lowest BCUT2D eigenvalue weighted by Gasteiger charge is -2.02. The maximum absolute atomic E-state index is 10.9. The molecule has 0 spiro atoms. The molecule has 84 valence electrons. The molecule has 0 saturated heterocycles. The number of rotatable bonds is 3. The van der Waals surface area contributed by atoms with E-state index in [1.54, 1.807) is 36.5 Å². The van der Waals surface area contributed by atoms with Crippen molar-refractivity contribution in [2.45, 2.75) is 0 Å². The van der Waals surface area contributed by atoms with Gasteiger partial charge in [-0.15, -0.1) is 0 Å². The molecule has 1 aromatic heterocycles. The zero-order valence-electron chi connectivity index (χ0n) is 8.96. The highest BCUT2D eigenvalue weighted by molar-refractivity contribution is 5.93. The third-order valence-electron chi connectivity index (χ3n) is 2.40. The van der Waals surface area contributed by atoms with Crippen molar-refractivity contribution in [2.75, 3.05) is 0 Å². The molecule has 0 bridgehead atoms. The van der Waals surface area contributed by atoms with Crippen LogP contribution in [-0.4, -0.2) is 17.2 Å². The van der Waals surface area contributed by atoms with Gasteiger partial charge in [-0.2, -0.15) is 0 Å². The van der Waals surface area contributed by atoms with Crippen LogP contribution in [0.4, 0.5) is 0 Å². The number of nitrogens with two attached hydrogens (primary N) is 1. The highest BCUT2D eigenvalue weighted by Crippen LogP contribution is 2.19. The smallest absolute Gasteiger partial charge is 0.248 e. The molecule has 4 heteroatoms. The molecular formula is C13H10N2O2. The standard InChI is InChI=1S/C13H10N2O2/c14-13(17)11-3-1-10(2-4-11)12-5-9(8-16)6-15-7-12/h1-8H,(H2,14,17). The van der Waals surface area contributed by atoms with Crippen molar-refractivity contribution < 1.29 is 9.59 Å². The quantitative estimate of drug-likeness (QED) is 0.809. The minimum Gasteiger partial charge on any atom is -0.366 e. The van der Waals surface area contributed by atoms with E-state index < -0.39 is 5.91 Å². The average Bonchev–Trinajstić information content (AvgIpc) is 2.39. The molecule has 0 unspecified atom stereocenters. The van der Waals surface area contributed by atoms with Gasteiger partial charge in [-0.05, 0) is 23.8 Å². The molecule has 0 saturated carbocycles. The number of nitrogens with zero attached hydrogens (tertiary/aromatic N) is 1. The Balaban J connectivity index is 2.39. The lowest BCUT2D eigenvalue weighted by atomic mass is 10.0. The first-order chi connectivity index (χ1) is 8.20. The Morgan fingerprint density at radius 3 is 2.41 bits per heavy atom. The molecule has 2 N–H and O–H groups in total. The summed E-state index contributed by atoms with van der Waals surface area (Å²) in [5.74, 6) is -0.462. The molecule has 0 aliphatic carbocycles. The number of carbonyl (C=O) groups excluding carboxylic acids is 2. The van der Waals surface area contributed by atoms with Gasteiger partial charge in [-0.3, -0.25) is 14.6 Å². The third-order valence-corrected chi connectivity index (χ3v) is 2.40. The van der Waals surface area contributed by atoms with Crippen molar-refractivity contribution in [1.29, 1.82) is 0 Å². The first-order valence-electron chi connectivity index (χ1n) is 5.01. The molecular weight excluding hydrogens is 216 g/mol. The highest BCUT2D eigenvalue weighted by Gasteiger charge is 2.02. The predicted molar refractivity (Wildman–Crippen MR) is 63.6 cm³/mol. The monoisotopic (exact) mass is 226 g/mol. The average molecular weight is 226 g/mol. The van der Waals surface area contributed by atoms with Gasteiger partial charge in [0.05, 0.1) is 0 Å². The Kier molecular flexibility index (Phi) is 2.96. The Hall–Kier alpha value is -2.49. The highest BCUT2D eigenvalue weighted by atomic mass is 16.1. The number of carbonyl (C=O) groups is 2. The molecule has 2 rings (SSSR count). The van der Waals surface area contributed by atoms with Crippen LogP contribution in [0.1, 0.15) is 20.7 Å². The lowest BCUT2D eigenvalue weighted by Crippen LogP contribution is -2.10. The van der Waals surface area contributed by atoms with E-state index in [1.165, 1.54) is 6.20 Å². The second-order valence-electron chi connectivity index (χ2n) is 3.57. The number of hydrogen-bond acceptors (Lipinski definition) is 3. The molecule has 17 heavy (non-hydrogen) atoms. The molecule has 4 nitrogen and oxygen atoms in total. The van der Waals surface area contributed by atoms with Gasteiger partial charge < -0.3 is 5.73 Å². The second-order valence-corrected chi connectivity index (χ2v) is 3.57. The lowest BCUT2D eigenvalue weighted by molar-refractivity contribution is 0.1000. The molecule has 1 amide bonds. The van der Waals surface area contributed by atoms with E-state index >= 15 is 0 Å². The van der Waals surface area contributed by atoms with Gasteiger partial charge in [0.2, 0.25) is 5.91 Å². The summed E-state index contributed by atoms with van der Waals surface area (Å²) < 4.78 is 0. The van der Waals surface area contributed by atoms with E-state index in [4.69, 9.17) is 5.73 Å². The maximum atomic E-state index is 10.9. The zero-order chi connectivity index (χ0) is 12.3. The number of primary amides is 1. The Morgan fingerprint density at radius 2 is 1.82 bits per heavy atom. The van der Waals surface area contributed by atoms with Crippen LogP contribution in [-0.2, 0) is 0 Å². The van der Waals surface area contributed by atoms with Gasteiger partial charge in [0.15, 0.2) is 6.29 Å². The normalized spacial score (nSPS) is 9.88. The number of aromatic nitrogens is 1. The fourth-order valence-electron chi connectivity index (χ4n) is 1.51. The van der Waals surface area contributed by atoms with E-state index in [0.717, 1.165) is 17.4 Å². The van der Waals surface area contributed by atoms with Crippen LogP contribution in [0.5, 0.6) is 0 Å². The summed E-state index contributed by atoms with van der Waals surface area (Å²) in [5.41, 5.74) is 7.82. The van der Waals surface area contributed by atoms with Gasteiger partial charge >= 0.3 is 0 Å². The number of benzene rings is 1. The third kappa shape index (κ3) is 2.36. The first kappa shape index (κ1) is 11.0. The summed E-state index contributed by atoms with van der Waals surface area (Å²) >= 11 is 0. The summed E-state index contributed by atoms with van der Waals surface area (Å²) in [5, 5.41) is 0. The fraction of sp³-hybridized carbons (Fsp3) is 0. The summed E-state index contributed by atoms with van der Waals surface area (Å²) in [6.07, 6.45) is 3.90. The van der Waals surface area contributed by atoms with E-state index in [9.17, 15) is 9.59 Å². The maximum Gasteiger partial charge on any atom is 0.248 e. The molecule has 1 heterocycles. The molecule has 0 aliphatic heterocycles. The summed E-state index contributed by atoms with van der Waals surface area (Å²) in [7, 11) is 0. The second kappa shape index (κ2) is 4.57. The van der Waals surface area contributed by atoms with Crippen molar-refractivity contribution in [3.8, 4) is 11.1 Å².